The molecular weight excluding hydrogens is 330 g/mol. The number of carbonyl (C=O) groups excluding carboxylic acids is 1. The first-order valence-electron chi connectivity index (χ1n) is 8.80. The largest absolute Gasteiger partial charge is 0.336 e. The van der Waals surface area contributed by atoms with Gasteiger partial charge in [0.15, 0.2) is 0 Å². The molecule has 0 aliphatic carbocycles. The number of aromatic nitrogens is 6. The zero-order valence-electron chi connectivity index (χ0n) is 14.7. The standard InChI is InChI=1S/C18H21N7O/c1-23-12-19-11-17(23)16-4-2-3-9-24(16)18(26)10-14-5-7-15(8-6-14)25-13-20-21-22-25/h5-8,11-13,16H,2-4,9-10H2,1H3. The van der Waals surface area contributed by atoms with E-state index in [1.54, 1.807) is 17.3 Å². The van der Waals surface area contributed by atoms with Crippen LogP contribution in [0.25, 0.3) is 5.69 Å². The first-order valence-corrected chi connectivity index (χ1v) is 8.80. The topological polar surface area (TPSA) is 81.7 Å². The number of rotatable bonds is 4. The predicted molar refractivity (Wildman–Crippen MR) is 94.4 cm³/mol. The minimum atomic E-state index is 0.115. The van der Waals surface area contributed by atoms with Gasteiger partial charge >= 0.3 is 0 Å². The quantitative estimate of drug-likeness (QED) is 0.714. The number of likely N-dealkylation sites (tertiary alicyclic amines) is 1. The van der Waals surface area contributed by atoms with Crippen molar-refractivity contribution in [1.82, 2.24) is 34.7 Å². The third-order valence-corrected chi connectivity index (χ3v) is 4.92. The first-order chi connectivity index (χ1) is 12.7. The molecule has 26 heavy (non-hydrogen) atoms. The highest BCUT2D eigenvalue weighted by Crippen LogP contribution is 2.31. The van der Waals surface area contributed by atoms with Crippen LogP contribution in [-0.4, -0.2) is 47.1 Å². The second kappa shape index (κ2) is 7.07. The van der Waals surface area contributed by atoms with Gasteiger partial charge in [0.2, 0.25) is 5.91 Å². The fourth-order valence-corrected chi connectivity index (χ4v) is 3.55. The van der Waals surface area contributed by atoms with Crippen LogP contribution < -0.4 is 0 Å². The van der Waals surface area contributed by atoms with Crippen molar-refractivity contribution in [3.63, 3.8) is 0 Å². The molecule has 1 aliphatic heterocycles. The van der Waals surface area contributed by atoms with Gasteiger partial charge in [-0.1, -0.05) is 12.1 Å². The number of hydrogen-bond acceptors (Lipinski definition) is 5. The van der Waals surface area contributed by atoms with Crippen molar-refractivity contribution in [2.75, 3.05) is 6.54 Å². The molecule has 2 aromatic heterocycles. The number of imidazole rings is 1. The molecule has 0 bridgehead atoms. The number of carbonyl (C=O) groups is 1. The maximum absolute atomic E-state index is 13.0. The third-order valence-electron chi connectivity index (χ3n) is 4.92. The minimum absolute atomic E-state index is 0.115. The molecule has 1 unspecified atom stereocenters. The molecule has 8 nitrogen and oxygen atoms in total. The van der Waals surface area contributed by atoms with Crippen molar-refractivity contribution in [2.24, 2.45) is 7.05 Å². The molecule has 8 heteroatoms. The molecule has 134 valence electrons. The Balaban J connectivity index is 1.48. The summed E-state index contributed by atoms with van der Waals surface area (Å²) in [5.74, 6) is 0.158. The van der Waals surface area contributed by atoms with Crippen LogP contribution in [0.2, 0.25) is 0 Å². The first kappa shape index (κ1) is 16.4. The number of hydrogen-bond donors (Lipinski definition) is 0. The molecule has 0 N–H and O–H groups in total. The van der Waals surface area contributed by atoms with Crippen molar-refractivity contribution in [2.45, 2.75) is 31.7 Å². The number of piperidine rings is 1. The van der Waals surface area contributed by atoms with Crippen molar-refractivity contribution >= 4 is 5.91 Å². The van der Waals surface area contributed by atoms with E-state index in [0.29, 0.717) is 6.42 Å². The van der Waals surface area contributed by atoms with E-state index in [1.165, 1.54) is 0 Å². The van der Waals surface area contributed by atoms with Crippen LogP contribution in [0.5, 0.6) is 0 Å². The molecule has 1 atom stereocenters. The summed E-state index contributed by atoms with van der Waals surface area (Å²) in [4.78, 5) is 19.2. The second-order valence-corrected chi connectivity index (χ2v) is 6.63. The van der Waals surface area contributed by atoms with Crippen LogP contribution in [0, 0.1) is 0 Å². The van der Waals surface area contributed by atoms with Gasteiger partial charge < -0.3 is 9.47 Å². The van der Waals surface area contributed by atoms with Crippen LogP contribution in [0.3, 0.4) is 0 Å². The van der Waals surface area contributed by atoms with E-state index < -0.39 is 0 Å². The van der Waals surface area contributed by atoms with Crippen molar-refractivity contribution in [3.05, 3.63) is 54.4 Å². The predicted octanol–water partition coefficient (Wildman–Crippen LogP) is 1.69. The molecule has 3 heterocycles. The fraction of sp³-hybridized carbons (Fsp3) is 0.389. The average molecular weight is 351 g/mol. The van der Waals surface area contributed by atoms with E-state index in [-0.39, 0.29) is 11.9 Å². The Morgan fingerprint density at radius 3 is 2.73 bits per heavy atom. The summed E-state index contributed by atoms with van der Waals surface area (Å²) in [6, 6.07) is 7.88. The monoisotopic (exact) mass is 351 g/mol. The third kappa shape index (κ3) is 3.22. The van der Waals surface area contributed by atoms with Gasteiger partial charge in [-0.05, 0) is 47.4 Å². The molecule has 0 saturated carbocycles. The highest BCUT2D eigenvalue weighted by Gasteiger charge is 2.29. The van der Waals surface area contributed by atoms with Gasteiger partial charge in [-0.15, -0.1) is 5.10 Å². The number of benzene rings is 1. The van der Waals surface area contributed by atoms with Gasteiger partial charge in [0.05, 0.1) is 36.4 Å². The molecule has 1 aromatic carbocycles. The lowest BCUT2D eigenvalue weighted by Crippen LogP contribution is -2.40. The molecule has 1 saturated heterocycles. The van der Waals surface area contributed by atoms with Crippen LogP contribution in [0.1, 0.15) is 36.6 Å². The van der Waals surface area contributed by atoms with Crippen molar-refractivity contribution in [1.29, 1.82) is 0 Å². The molecule has 1 fully saturated rings. The summed E-state index contributed by atoms with van der Waals surface area (Å²) in [5.41, 5.74) is 2.96. The Kier molecular flexibility index (Phi) is 4.47. The van der Waals surface area contributed by atoms with Crippen LogP contribution in [-0.2, 0) is 18.3 Å². The zero-order chi connectivity index (χ0) is 17.9. The van der Waals surface area contributed by atoms with Crippen LogP contribution in [0.4, 0.5) is 0 Å². The molecular formula is C18H21N7O. The number of aryl methyl sites for hydroxylation is 1. The maximum atomic E-state index is 13.0. The van der Waals surface area contributed by atoms with Gasteiger partial charge in [-0.25, -0.2) is 9.67 Å². The van der Waals surface area contributed by atoms with E-state index in [4.69, 9.17) is 0 Å². The fourth-order valence-electron chi connectivity index (χ4n) is 3.55. The summed E-state index contributed by atoms with van der Waals surface area (Å²) >= 11 is 0. The average Bonchev–Trinajstić information content (AvgIpc) is 3.34. The number of nitrogens with zero attached hydrogens (tertiary/aromatic N) is 7. The normalized spacial score (nSPS) is 17.4. The maximum Gasteiger partial charge on any atom is 0.227 e. The van der Waals surface area contributed by atoms with Gasteiger partial charge in [0.25, 0.3) is 0 Å². The van der Waals surface area contributed by atoms with E-state index >= 15 is 0 Å². The van der Waals surface area contributed by atoms with E-state index in [0.717, 1.165) is 42.8 Å². The summed E-state index contributed by atoms with van der Waals surface area (Å²) < 4.78 is 3.60. The smallest absolute Gasteiger partial charge is 0.227 e. The molecule has 4 rings (SSSR count). The van der Waals surface area contributed by atoms with Crippen LogP contribution in [0.15, 0.2) is 43.1 Å². The lowest BCUT2D eigenvalue weighted by molar-refractivity contribution is -0.134. The van der Waals surface area contributed by atoms with Gasteiger partial charge in [-0.2, -0.15) is 0 Å². The SMILES string of the molecule is Cn1cncc1C1CCCCN1C(=O)Cc1ccc(-n2cnnn2)cc1. The Labute approximate surface area is 151 Å². The Morgan fingerprint density at radius 1 is 1.19 bits per heavy atom. The highest BCUT2D eigenvalue weighted by molar-refractivity contribution is 5.79. The molecule has 0 spiro atoms. The zero-order valence-corrected chi connectivity index (χ0v) is 14.7. The lowest BCUT2D eigenvalue weighted by atomic mass is 9.98. The number of amides is 1. The molecule has 3 aromatic rings. The molecule has 1 aliphatic rings. The van der Waals surface area contributed by atoms with Crippen molar-refractivity contribution < 1.29 is 4.79 Å². The Morgan fingerprint density at radius 2 is 2.04 bits per heavy atom. The van der Waals surface area contributed by atoms with E-state index in [2.05, 4.69) is 20.5 Å². The van der Waals surface area contributed by atoms with E-state index in [1.807, 2.05) is 47.0 Å². The molecule has 1 amide bonds. The van der Waals surface area contributed by atoms with Crippen molar-refractivity contribution in [3.8, 4) is 5.69 Å². The summed E-state index contributed by atoms with van der Waals surface area (Å²) in [5, 5.41) is 11.1. The van der Waals surface area contributed by atoms with Crippen LogP contribution >= 0.6 is 0 Å². The molecule has 0 radical (unpaired) electrons. The van der Waals surface area contributed by atoms with Gasteiger partial charge in [0, 0.05) is 13.6 Å². The highest BCUT2D eigenvalue weighted by atomic mass is 16.2. The summed E-state index contributed by atoms with van der Waals surface area (Å²) in [6.45, 7) is 0.803. The van der Waals surface area contributed by atoms with E-state index in [9.17, 15) is 4.79 Å². The second-order valence-electron chi connectivity index (χ2n) is 6.63. The minimum Gasteiger partial charge on any atom is -0.336 e. The van der Waals surface area contributed by atoms with Gasteiger partial charge in [0.1, 0.15) is 6.33 Å². The summed E-state index contributed by atoms with van der Waals surface area (Å²) in [6.07, 6.45) is 8.79. The lowest BCUT2D eigenvalue weighted by Gasteiger charge is -2.36. The summed E-state index contributed by atoms with van der Waals surface area (Å²) in [7, 11) is 1.98. The van der Waals surface area contributed by atoms with Gasteiger partial charge in [-0.3, -0.25) is 4.79 Å². The Hall–Kier alpha value is -3.03. The number of tetrazole rings is 1. The Bertz CT molecular complexity index is 869.